The predicted molar refractivity (Wildman–Crippen MR) is 108 cm³/mol. The Balaban J connectivity index is 1.65. The lowest BCUT2D eigenvalue weighted by Crippen LogP contribution is -2.27. The molecule has 3 aromatic heterocycles. The number of pyridine rings is 1. The third-order valence-corrected chi connectivity index (χ3v) is 8.64. The summed E-state index contributed by atoms with van der Waals surface area (Å²) in [6.07, 6.45) is 3.29. The molecule has 1 aliphatic heterocycles. The Morgan fingerprint density at radius 2 is 1.85 bits per heavy atom. The average molecular weight is 421 g/mol. The van der Waals surface area contributed by atoms with E-state index in [-0.39, 0.29) is 4.90 Å². The van der Waals surface area contributed by atoms with Crippen molar-refractivity contribution in [2.45, 2.75) is 48.6 Å². The number of thiophene rings is 1. The molecule has 1 fully saturated rings. The molecule has 0 atom stereocenters. The van der Waals surface area contributed by atoms with E-state index in [1.807, 2.05) is 6.92 Å². The molecule has 4 rings (SSSR count). The minimum absolute atomic E-state index is 0.250. The second kappa shape index (κ2) is 7.12. The number of fused-ring (bicyclic) bond motifs is 1. The molecule has 4 heterocycles. The van der Waals surface area contributed by atoms with E-state index >= 15 is 0 Å². The van der Waals surface area contributed by atoms with Crippen LogP contribution >= 0.6 is 23.1 Å². The maximum atomic E-state index is 12.6. The first kappa shape index (κ1) is 18.8. The fourth-order valence-electron chi connectivity index (χ4n) is 3.14. The Morgan fingerprint density at radius 1 is 1.11 bits per heavy atom. The predicted octanol–water partition coefficient (Wildman–Crippen LogP) is 3.95. The van der Waals surface area contributed by atoms with Crippen molar-refractivity contribution in [3.05, 3.63) is 34.6 Å². The van der Waals surface area contributed by atoms with E-state index in [2.05, 4.69) is 28.8 Å². The van der Waals surface area contributed by atoms with Gasteiger partial charge in [-0.3, -0.25) is 0 Å². The molecule has 0 aromatic carbocycles. The summed E-state index contributed by atoms with van der Waals surface area (Å²) in [6.45, 7) is 7.23. The fraction of sp³-hybridized carbons (Fsp3) is 0.389. The molecular weight excluding hydrogens is 400 g/mol. The van der Waals surface area contributed by atoms with Gasteiger partial charge in [-0.2, -0.15) is 4.31 Å². The van der Waals surface area contributed by atoms with Crippen LogP contribution in [0.5, 0.6) is 0 Å². The summed E-state index contributed by atoms with van der Waals surface area (Å²) in [5.41, 5.74) is 1.19. The molecule has 0 N–H and O–H groups in total. The van der Waals surface area contributed by atoms with Crippen molar-refractivity contribution in [3.63, 3.8) is 0 Å². The molecule has 1 saturated heterocycles. The van der Waals surface area contributed by atoms with Crippen molar-refractivity contribution in [2.24, 2.45) is 0 Å². The minimum Gasteiger partial charge on any atom is -0.248 e. The largest absolute Gasteiger partial charge is 0.248 e. The first-order valence-corrected chi connectivity index (χ1v) is 11.8. The van der Waals surface area contributed by atoms with Crippen molar-refractivity contribution < 1.29 is 8.42 Å². The number of aryl methyl sites for hydroxylation is 3. The van der Waals surface area contributed by atoms with E-state index < -0.39 is 10.0 Å². The zero-order valence-electron chi connectivity index (χ0n) is 15.4. The molecule has 142 valence electrons. The lowest BCUT2D eigenvalue weighted by Gasteiger charge is -2.15. The molecule has 0 aliphatic carbocycles. The van der Waals surface area contributed by atoms with Crippen molar-refractivity contribution >= 4 is 43.3 Å². The minimum atomic E-state index is -3.44. The van der Waals surface area contributed by atoms with Gasteiger partial charge in [0.25, 0.3) is 0 Å². The number of aromatic nitrogens is 3. The topological polar surface area (TPSA) is 76.1 Å². The van der Waals surface area contributed by atoms with E-state index in [1.165, 1.54) is 32.7 Å². The zero-order chi connectivity index (χ0) is 19.2. The summed E-state index contributed by atoms with van der Waals surface area (Å²) >= 11 is 3.11. The molecule has 0 radical (unpaired) electrons. The Kier molecular flexibility index (Phi) is 4.96. The van der Waals surface area contributed by atoms with Gasteiger partial charge < -0.3 is 0 Å². The van der Waals surface area contributed by atoms with Crippen LogP contribution in [-0.2, 0) is 10.0 Å². The van der Waals surface area contributed by atoms with E-state index in [1.54, 1.807) is 23.5 Å². The highest BCUT2D eigenvalue weighted by atomic mass is 32.2. The molecule has 6 nitrogen and oxygen atoms in total. The summed E-state index contributed by atoms with van der Waals surface area (Å²) in [5, 5.41) is 2.64. The van der Waals surface area contributed by atoms with Crippen molar-refractivity contribution in [3.8, 4) is 0 Å². The van der Waals surface area contributed by atoms with E-state index in [4.69, 9.17) is 0 Å². The molecule has 1 aliphatic rings. The summed E-state index contributed by atoms with van der Waals surface area (Å²) in [7, 11) is -3.44. The molecule has 9 heteroatoms. The van der Waals surface area contributed by atoms with Crippen LogP contribution in [0.25, 0.3) is 10.2 Å². The van der Waals surface area contributed by atoms with Gasteiger partial charge in [0.2, 0.25) is 10.0 Å². The summed E-state index contributed by atoms with van der Waals surface area (Å²) in [4.78, 5) is 16.0. The van der Waals surface area contributed by atoms with Gasteiger partial charge in [0, 0.05) is 29.5 Å². The Morgan fingerprint density at radius 3 is 2.52 bits per heavy atom. The van der Waals surface area contributed by atoms with Crippen LogP contribution in [0.2, 0.25) is 0 Å². The molecule has 0 saturated carbocycles. The van der Waals surface area contributed by atoms with Gasteiger partial charge in [0.15, 0.2) is 0 Å². The van der Waals surface area contributed by atoms with Gasteiger partial charge in [-0.1, -0.05) is 0 Å². The Labute approximate surface area is 167 Å². The summed E-state index contributed by atoms with van der Waals surface area (Å²) in [5.74, 6) is 0.722. The maximum Gasteiger partial charge on any atom is 0.244 e. The molecule has 0 bridgehead atoms. The number of hydrogen-bond acceptors (Lipinski definition) is 7. The van der Waals surface area contributed by atoms with Gasteiger partial charge in [0.1, 0.15) is 25.6 Å². The van der Waals surface area contributed by atoms with Crippen LogP contribution in [0, 0.1) is 20.8 Å². The van der Waals surface area contributed by atoms with Crippen LogP contribution in [0.1, 0.15) is 29.1 Å². The molecule has 0 spiro atoms. The highest BCUT2D eigenvalue weighted by molar-refractivity contribution is 7.99. The van der Waals surface area contributed by atoms with Gasteiger partial charge in [-0.15, -0.1) is 11.3 Å². The van der Waals surface area contributed by atoms with Gasteiger partial charge in [-0.05, 0) is 63.1 Å². The van der Waals surface area contributed by atoms with Crippen LogP contribution in [0.3, 0.4) is 0 Å². The quantitative estimate of drug-likeness (QED) is 0.595. The molecule has 27 heavy (non-hydrogen) atoms. The Bertz CT molecular complexity index is 1100. The number of sulfonamides is 1. The first-order chi connectivity index (χ1) is 12.9. The maximum absolute atomic E-state index is 12.6. The second-order valence-electron chi connectivity index (χ2n) is 6.58. The van der Waals surface area contributed by atoms with Crippen molar-refractivity contribution in [2.75, 3.05) is 13.1 Å². The van der Waals surface area contributed by atoms with Crippen molar-refractivity contribution in [1.82, 2.24) is 19.3 Å². The average Bonchev–Trinajstić information content (AvgIpc) is 3.25. The third kappa shape index (κ3) is 3.49. The molecule has 3 aromatic rings. The van der Waals surface area contributed by atoms with Gasteiger partial charge in [0.05, 0.1) is 0 Å². The van der Waals surface area contributed by atoms with Crippen LogP contribution < -0.4 is 0 Å². The standard InChI is InChI=1S/C18H20N4O2S3/c1-11-12(2)25-17-16(11)18(21-13(3)20-17)26-15-7-6-14(10-19-15)27(23,24)22-8-4-5-9-22/h6-7,10H,4-5,8-9H2,1-3H3. The van der Waals surface area contributed by atoms with Crippen LogP contribution in [0.15, 0.2) is 33.3 Å². The summed E-state index contributed by atoms with van der Waals surface area (Å²) < 4.78 is 26.8. The van der Waals surface area contributed by atoms with Gasteiger partial charge >= 0.3 is 0 Å². The molecule has 0 amide bonds. The highest BCUT2D eigenvalue weighted by Gasteiger charge is 2.27. The van der Waals surface area contributed by atoms with E-state index in [9.17, 15) is 8.42 Å². The SMILES string of the molecule is Cc1nc(Sc2ccc(S(=O)(=O)N3CCCC3)cn2)c2c(C)c(C)sc2n1. The monoisotopic (exact) mass is 420 g/mol. The fourth-order valence-corrected chi connectivity index (χ4v) is 6.72. The zero-order valence-corrected chi connectivity index (χ0v) is 17.8. The Hall–Kier alpha value is -1.55. The third-order valence-electron chi connectivity index (χ3n) is 4.72. The number of rotatable bonds is 4. The van der Waals surface area contributed by atoms with Crippen LogP contribution in [-0.4, -0.2) is 40.8 Å². The smallest absolute Gasteiger partial charge is 0.244 e. The first-order valence-electron chi connectivity index (χ1n) is 8.74. The van der Waals surface area contributed by atoms with Crippen molar-refractivity contribution in [1.29, 1.82) is 0 Å². The van der Waals surface area contributed by atoms with Gasteiger partial charge in [-0.25, -0.2) is 23.4 Å². The molecule has 0 unspecified atom stereocenters. The summed E-state index contributed by atoms with van der Waals surface area (Å²) in [6, 6.07) is 3.39. The lowest BCUT2D eigenvalue weighted by molar-refractivity contribution is 0.477. The normalized spacial score (nSPS) is 15.7. The van der Waals surface area contributed by atoms with E-state index in [0.29, 0.717) is 13.1 Å². The highest BCUT2D eigenvalue weighted by Crippen LogP contribution is 2.37. The van der Waals surface area contributed by atoms with Crippen LogP contribution in [0.4, 0.5) is 0 Å². The number of nitrogens with zero attached hydrogens (tertiary/aromatic N) is 4. The number of hydrogen-bond donors (Lipinski definition) is 0. The van der Waals surface area contributed by atoms with E-state index in [0.717, 1.165) is 38.9 Å². The second-order valence-corrected chi connectivity index (χ2v) is 10.7. The molecular formula is C18H20N4O2S3. The lowest BCUT2D eigenvalue weighted by atomic mass is 10.2.